The highest BCUT2D eigenvalue weighted by molar-refractivity contribution is 5.94. The van der Waals surface area contributed by atoms with Crippen LogP contribution in [0.3, 0.4) is 0 Å². The van der Waals surface area contributed by atoms with Crippen molar-refractivity contribution in [2.45, 2.75) is 26.4 Å². The molecule has 0 aliphatic carbocycles. The Morgan fingerprint density at radius 2 is 2.33 bits per heavy atom. The van der Waals surface area contributed by atoms with Gasteiger partial charge in [-0.05, 0) is 44.0 Å². The number of carbonyl (C=O) groups excluding carboxylic acids is 1. The molecule has 0 radical (unpaired) electrons. The average molecular weight is 287 g/mol. The predicted molar refractivity (Wildman–Crippen MR) is 81.0 cm³/mol. The van der Waals surface area contributed by atoms with Crippen LogP contribution in [0.15, 0.2) is 18.2 Å². The fraction of sp³-hybridized carbons (Fsp3) is 0.471. The van der Waals surface area contributed by atoms with E-state index in [1.54, 1.807) is 6.07 Å². The Morgan fingerprint density at radius 3 is 2.95 bits per heavy atom. The molecule has 2 N–H and O–H groups in total. The van der Waals surface area contributed by atoms with Crippen LogP contribution in [0, 0.1) is 24.7 Å². The first-order chi connectivity index (χ1) is 10.1. The van der Waals surface area contributed by atoms with E-state index in [4.69, 9.17) is 9.84 Å². The summed E-state index contributed by atoms with van der Waals surface area (Å²) in [6, 6.07) is 5.40. The Kier molecular flexibility index (Phi) is 5.38. The lowest BCUT2D eigenvalue weighted by Gasteiger charge is -2.15. The standard InChI is InChI=1S/C17H21NO3/c1-12-10-15(6-5-14(12)4-3-8-19)17(20)18-11-16-7-9-21-13(16)2/h5-6,10,13,16,19H,7-9,11H2,1-2H3,(H,18,20). The summed E-state index contributed by atoms with van der Waals surface area (Å²) in [5, 5.41) is 11.7. The molecule has 1 fully saturated rings. The maximum absolute atomic E-state index is 12.2. The van der Waals surface area contributed by atoms with Crippen LogP contribution in [0.25, 0.3) is 0 Å². The highest BCUT2D eigenvalue weighted by Gasteiger charge is 2.24. The second-order valence-electron chi connectivity index (χ2n) is 5.32. The lowest BCUT2D eigenvalue weighted by molar-refractivity contribution is 0.0907. The molecule has 2 unspecified atom stereocenters. The van der Waals surface area contributed by atoms with Crippen LogP contribution >= 0.6 is 0 Å². The van der Waals surface area contributed by atoms with Crippen molar-refractivity contribution in [2.24, 2.45) is 5.92 Å². The van der Waals surface area contributed by atoms with E-state index in [9.17, 15) is 4.79 Å². The van der Waals surface area contributed by atoms with Gasteiger partial charge in [-0.2, -0.15) is 0 Å². The Bertz CT molecular complexity index is 571. The number of aliphatic hydroxyl groups excluding tert-OH is 1. The Labute approximate surface area is 125 Å². The molecule has 112 valence electrons. The highest BCUT2D eigenvalue weighted by Crippen LogP contribution is 2.19. The van der Waals surface area contributed by atoms with Crippen molar-refractivity contribution in [2.75, 3.05) is 19.8 Å². The molecule has 1 aliphatic rings. The molecule has 0 bridgehead atoms. The summed E-state index contributed by atoms with van der Waals surface area (Å²) in [6.07, 6.45) is 1.21. The first kappa shape index (κ1) is 15.6. The summed E-state index contributed by atoms with van der Waals surface area (Å²) >= 11 is 0. The van der Waals surface area contributed by atoms with Gasteiger partial charge in [-0.3, -0.25) is 4.79 Å². The first-order valence-electron chi connectivity index (χ1n) is 7.22. The number of nitrogens with one attached hydrogen (secondary N) is 1. The minimum Gasteiger partial charge on any atom is -0.384 e. The van der Waals surface area contributed by atoms with E-state index < -0.39 is 0 Å². The molecule has 0 saturated carbocycles. The summed E-state index contributed by atoms with van der Waals surface area (Å²) in [7, 11) is 0. The van der Waals surface area contributed by atoms with E-state index >= 15 is 0 Å². The van der Waals surface area contributed by atoms with Crippen molar-refractivity contribution in [1.82, 2.24) is 5.32 Å². The third-order valence-electron chi connectivity index (χ3n) is 3.85. The minimum atomic E-state index is -0.163. The van der Waals surface area contributed by atoms with Gasteiger partial charge in [0.15, 0.2) is 0 Å². The van der Waals surface area contributed by atoms with Crippen molar-refractivity contribution in [3.8, 4) is 11.8 Å². The molecule has 0 spiro atoms. The number of hydrogen-bond donors (Lipinski definition) is 2. The Morgan fingerprint density at radius 1 is 1.52 bits per heavy atom. The monoisotopic (exact) mass is 287 g/mol. The van der Waals surface area contributed by atoms with Gasteiger partial charge in [-0.1, -0.05) is 11.8 Å². The predicted octanol–water partition coefficient (Wildman–Crippen LogP) is 1.49. The largest absolute Gasteiger partial charge is 0.384 e. The van der Waals surface area contributed by atoms with E-state index in [2.05, 4.69) is 17.2 Å². The zero-order valence-corrected chi connectivity index (χ0v) is 12.5. The van der Waals surface area contributed by atoms with E-state index in [1.165, 1.54) is 0 Å². The number of amides is 1. The molecule has 1 amide bonds. The van der Waals surface area contributed by atoms with Gasteiger partial charge in [0, 0.05) is 30.2 Å². The van der Waals surface area contributed by atoms with Crippen molar-refractivity contribution >= 4 is 5.91 Å². The molecule has 1 aromatic carbocycles. The van der Waals surface area contributed by atoms with Gasteiger partial charge in [0.05, 0.1) is 6.10 Å². The minimum absolute atomic E-state index is 0.0705. The number of hydrogen-bond acceptors (Lipinski definition) is 3. The lowest BCUT2D eigenvalue weighted by Crippen LogP contribution is -2.32. The van der Waals surface area contributed by atoms with Gasteiger partial charge < -0.3 is 15.2 Å². The van der Waals surface area contributed by atoms with E-state index in [-0.39, 0.29) is 18.6 Å². The average Bonchev–Trinajstić information content (AvgIpc) is 2.88. The zero-order chi connectivity index (χ0) is 15.2. The van der Waals surface area contributed by atoms with Gasteiger partial charge in [-0.25, -0.2) is 0 Å². The molecule has 1 saturated heterocycles. The molecular weight excluding hydrogens is 266 g/mol. The summed E-state index contributed by atoms with van der Waals surface area (Å²) in [5.74, 6) is 5.80. The number of rotatable bonds is 3. The van der Waals surface area contributed by atoms with Crippen LogP contribution in [0.5, 0.6) is 0 Å². The lowest BCUT2D eigenvalue weighted by atomic mass is 10.0. The van der Waals surface area contributed by atoms with Crippen LogP contribution < -0.4 is 5.32 Å². The van der Waals surface area contributed by atoms with Crippen LogP contribution in [-0.4, -0.2) is 36.9 Å². The van der Waals surface area contributed by atoms with E-state index in [1.807, 2.05) is 26.0 Å². The second-order valence-corrected chi connectivity index (χ2v) is 5.32. The van der Waals surface area contributed by atoms with Gasteiger partial charge in [-0.15, -0.1) is 0 Å². The molecule has 21 heavy (non-hydrogen) atoms. The molecule has 1 aliphatic heterocycles. The van der Waals surface area contributed by atoms with Gasteiger partial charge >= 0.3 is 0 Å². The Hall–Kier alpha value is -1.83. The van der Waals surface area contributed by atoms with Gasteiger partial charge in [0.25, 0.3) is 5.91 Å². The molecule has 1 aromatic rings. The number of ether oxygens (including phenoxy) is 1. The zero-order valence-electron chi connectivity index (χ0n) is 12.5. The quantitative estimate of drug-likeness (QED) is 0.828. The number of aliphatic hydroxyl groups is 1. The first-order valence-corrected chi connectivity index (χ1v) is 7.22. The van der Waals surface area contributed by atoms with Crippen LogP contribution in [-0.2, 0) is 4.74 Å². The van der Waals surface area contributed by atoms with Crippen LogP contribution in [0.4, 0.5) is 0 Å². The maximum Gasteiger partial charge on any atom is 0.251 e. The van der Waals surface area contributed by atoms with Crippen molar-refractivity contribution < 1.29 is 14.6 Å². The van der Waals surface area contributed by atoms with Crippen molar-refractivity contribution in [1.29, 1.82) is 0 Å². The van der Waals surface area contributed by atoms with Crippen LogP contribution in [0.1, 0.15) is 34.8 Å². The molecule has 2 rings (SSSR count). The molecule has 1 heterocycles. The van der Waals surface area contributed by atoms with Crippen molar-refractivity contribution in [3.05, 3.63) is 34.9 Å². The molecule has 4 heteroatoms. The third-order valence-corrected chi connectivity index (χ3v) is 3.85. The normalized spacial score (nSPS) is 20.7. The summed E-state index contributed by atoms with van der Waals surface area (Å²) in [5.41, 5.74) is 2.40. The van der Waals surface area contributed by atoms with Crippen LogP contribution in [0.2, 0.25) is 0 Å². The molecule has 2 atom stereocenters. The second kappa shape index (κ2) is 7.26. The SMILES string of the molecule is Cc1cc(C(=O)NCC2CCOC2C)ccc1C#CCO. The fourth-order valence-corrected chi connectivity index (χ4v) is 2.45. The van der Waals surface area contributed by atoms with Gasteiger partial charge in [0.1, 0.15) is 6.61 Å². The van der Waals surface area contributed by atoms with Gasteiger partial charge in [0.2, 0.25) is 0 Å². The van der Waals surface area contributed by atoms with E-state index in [0.717, 1.165) is 24.2 Å². The highest BCUT2D eigenvalue weighted by atomic mass is 16.5. The number of benzene rings is 1. The van der Waals surface area contributed by atoms with Crippen molar-refractivity contribution in [3.63, 3.8) is 0 Å². The van der Waals surface area contributed by atoms with E-state index in [0.29, 0.717) is 18.0 Å². The molecule has 4 nitrogen and oxygen atoms in total. The summed E-state index contributed by atoms with van der Waals surface area (Å²) in [4.78, 5) is 12.2. The smallest absolute Gasteiger partial charge is 0.251 e. The summed E-state index contributed by atoms with van der Waals surface area (Å²) < 4.78 is 5.49. The fourth-order valence-electron chi connectivity index (χ4n) is 2.45. The molecule has 0 aromatic heterocycles. The number of carbonyl (C=O) groups is 1. The topological polar surface area (TPSA) is 58.6 Å². The maximum atomic E-state index is 12.2. The third kappa shape index (κ3) is 4.07. The number of aryl methyl sites for hydroxylation is 1. The Balaban J connectivity index is 1.97. The molecular formula is C17H21NO3. The summed E-state index contributed by atoms with van der Waals surface area (Å²) in [6.45, 7) is 5.21.